The lowest BCUT2D eigenvalue weighted by Crippen LogP contribution is -2.45. The number of nitrogens with two attached hydrogens (primary N) is 1. The van der Waals surface area contributed by atoms with Gasteiger partial charge in [-0.25, -0.2) is 0 Å². The van der Waals surface area contributed by atoms with Gasteiger partial charge in [-0.1, -0.05) is 6.42 Å². The first-order chi connectivity index (χ1) is 14.7. The fraction of sp³-hybridized carbons (Fsp3) is 0.727. The van der Waals surface area contributed by atoms with Crippen LogP contribution in [0.15, 0.2) is 27.8 Å². The Kier molecular flexibility index (Phi) is 11.7. The maximum absolute atomic E-state index is 11.4. The Hall–Kier alpha value is -1.33. The molecular weight excluding hydrogens is 507 g/mol. The summed E-state index contributed by atoms with van der Waals surface area (Å²) in [5.41, 5.74) is 5.48. The second-order valence-electron chi connectivity index (χ2n) is 8.40. The van der Waals surface area contributed by atoms with E-state index < -0.39 is 0 Å². The highest BCUT2D eigenvalue weighted by Crippen LogP contribution is 2.24. The summed E-state index contributed by atoms with van der Waals surface area (Å²) >= 11 is 0. The van der Waals surface area contributed by atoms with Gasteiger partial charge in [-0.3, -0.25) is 14.7 Å². The molecule has 0 radical (unpaired) electrons. The summed E-state index contributed by atoms with van der Waals surface area (Å²) in [6, 6.07) is 4.25. The van der Waals surface area contributed by atoms with Gasteiger partial charge < -0.3 is 25.7 Å². The van der Waals surface area contributed by atoms with Crippen LogP contribution in [0.2, 0.25) is 0 Å². The van der Waals surface area contributed by atoms with E-state index in [1.54, 1.807) is 13.3 Å². The van der Waals surface area contributed by atoms with Gasteiger partial charge in [-0.2, -0.15) is 0 Å². The lowest BCUT2D eigenvalue weighted by Gasteiger charge is -2.33. The van der Waals surface area contributed by atoms with Gasteiger partial charge >= 0.3 is 0 Å². The molecule has 0 saturated carbocycles. The van der Waals surface area contributed by atoms with Crippen LogP contribution < -0.4 is 16.4 Å². The molecule has 2 fully saturated rings. The molecule has 0 spiro atoms. The average Bonchev–Trinajstić information content (AvgIpc) is 3.31. The molecule has 2 atom stereocenters. The molecule has 9 heteroatoms. The molecule has 4 N–H and O–H groups in total. The largest absolute Gasteiger partial charge is 0.468 e. The molecule has 2 aliphatic rings. The monoisotopic (exact) mass is 546 g/mol. The van der Waals surface area contributed by atoms with E-state index in [0.717, 1.165) is 76.8 Å². The molecule has 3 rings (SSSR count). The Morgan fingerprint density at radius 1 is 1.26 bits per heavy atom. The van der Waals surface area contributed by atoms with E-state index in [0.29, 0.717) is 0 Å². The number of furan rings is 1. The van der Waals surface area contributed by atoms with Gasteiger partial charge in [0, 0.05) is 26.7 Å². The van der Waals surface area contributed by atoms with Crippen LogP contribution in [0.3, 0.4) is 0 Å². The van der Waals surface area contributed by atoms with Crippen LogP contribution in [-0.4, -0.2) is 74.5 Å². The molecule has 1 amide bonds. The number of aliphatic imine (C=N–C) groups is 1. The summed E-state index contributed by atoms with van der Waals surface area (Å²) in [5.74, 6) is 1.67. The molecule has 2 aliphatic heterocycles. The van der Waals surface area contributed by atoms with Gasteiger partial charge in [0.1, 0.15) is 5.76 Å². The molecule has 1 aromatic rings. The molecule has 1 aromatic heterocycles. The Bertz CT molecular complexity index is 663. The van der Waals surface area contributed by atoms with E-state index in [2.05, 4.69) is 31.5 Å². The van der Waals surface area contributed by atoms with Gasteiger partial charge in [0.05, 0.1) is 18.2 Å². The van der Waals surface area contributed by atoms with Crippen molar-refractivity contribution in [3.05, 3.63) is 24.2 Å². The number of nitrogens with zero attached hydrogens (tertiary/aromatic N) is 3. The number of guanidine groups is 1. The van der Waals surface area contributed by atoms with Crippen molar-refractivity contribution >= 4 is 35.8 Å². The highest BCUT2D eigenvalue weighted by molar-refractivity contribution is 14.0. The highest BCUT2D eigenvalue weighted by atomic mass is 127. The zero-order chi connectivity index (χ0) is 21.2. The molecule has 0 aliphatic carbocycles. The molecule has 0 bridgehead atoms. The molecule has 0 aromatic carbocycles. The number of rotatable bonds is 9. The number of carbonyl (C=O) groups excluding carboxylic acids is 1. The summed E-state index contributed by atoms with van der Waals surface area (Å²) in [6.07, 6.45) is 8.54. The smallest absolute Gasteiger partial charge is 0.221 e. The Morgan fingerprint density at radius 3 is 2.74 bits per heavy atom. The number of hydrogen-bond donors (Lipinski definition) is 3. The quantitative estimate of drug-likeness (QED) is 0.190. The topological polar surface area (TPSA) is 99.1 Å². The number of amides is 1. The summed E-state index contributed by atoms with van der Waals surface area (Å²) in [6.45, 7) is 6.64. The first kappa shape index (κ1) is 25.9. The van der Waals surface area contributed by atoms with E-state index >= 15 is 0 Å². The van der Waals surface area contributed by atoms with Crippen LogP contribution in [0.25, 0.3) is 0 Å². The van der Waals surface area contributed by atoms with Crippen molar-refractivity contribution in [2.75, 3.05) is 52.9 Å². The second kappa shape index (κ2) is 13.9. The van der Waals surface area contributed by atoms with Crippen molar-refractivity contribution < 1.29 is 9.21 Å². The fourth-order valence-electron chi connectivity index (χ4n) is 4.53. The third kappa shape index (κ3) is 8.27. The van der Waals surface area contributed by atoms with Crippen molar-refractivity contribution in [3.63, 3.8) is 0 Å². The number of piperidine rings is 2. The number of halogens is 1. The Labute approximate surface area is 203 Å². The minimum Gasteiger partial charge on any atom is -0.468 e. The van der Waals surface area contributed by atoms with Gasteiger partial charge in [0.15, 0.2) is 5.96 Å². The van der Waals surface area contributed by atoms with E-state index in [1.807, 2.05) is 6.07 Å². The predicted molar refractivity (Wildman–Crippen MR) is 135 cm³/mol. The maximum Gasteiger partial charge on any atom is 0.221 e. The van der Waals surface area contributed by atoms with Crippen LogP contribution in [-0.2, 0) is 4.79 Å². The SMILES string of the molecule is CN=C(NCCCN1CCCC(C(N)=O)C1)NCC(c1ccco1)N1CCCCC1.I. The van der Waals surface area contributed by atoms with Crippen LogP contribution in [0, 0.1) is 5.92 Å². The second-order valence-corrected chi connectivity index (χ2v) is 8.40. The normalized spacial score (nSPS) is 21.8. The van der Waals surface area contributed by atoms with E-state index in [9.17, 15) is 4.79 Å². The summed E-state index contributed by atoms with van der Waals surface area (Å²) in [4.78, 5) is 20.7. The molecule has 3 heterocycles. The third-order valence-corrected chi connectivity index (χ3v) is 6.24. The third-order valence-electron chi connectivity index (χ3n) is 6.24. The van der Waals surface area contributed by atoms with Gasteiger partial charge in [0.25, 0.3) is 0 Å². The van der Waals surface area contributed by atoms with Crippen LogP contribution >= 0.6 is 24.0 Å². The first-order valence-electron chi connectivity index (χ1n) is 11.4. The molecule has 31 heavy (non-hydrogen) atoms. The molecule has 8 nitrogen and oxygen atoms in total. The minimum atomic E-state index is -0.165. The summed E-state index contributed by atoms with van der Waals surface area (Å²) in [7, 11) is 1.81. The van der Waals surface area contributed by atoms with Crippen molar-refractivity contribution in [1.82, 2.24) is 20.4 Å². The number of nitrogens with one attached hydrogen (secondary N) is 2. The van der Waals surface area contributed by atoms with Crippen molar-refractivity contribution in [3.8, 4) is 0 Å². The summed E-state index contributed by atoms with van der Waals surface area (Å²) < 4.78 is 5.73. The molecular formula is C22H39IN6O2. The lowest BCUT2D eigenvalue weighted by atomic mass is 9.97. The first-order valence-corrected chi connectivity index (χ1v) is 11.4. The molecule has 2 saturated heterocycles. The highest BCUT2D eigenvalue weighted by Gasteiger charge is 2.25. The number of hydrogen-bond acceptors (Lipinski definition) is 5. The zero-order valence-corrected chi connectivity index (χ0v) is 21.1. The average molecular weight is 546 g/mol. The minimum absolute atomic E-state index is 0. The standard InChI is InChI=1S/C22H38N6O2.HI/c1-24-22(25-10-7-12-27-11-5-8-18(17-27)21(23)29)26-16-19(20-9-6-15-30-20)28-13-3-2-4-14-28;/h6,9,15,18-19H,2-5,7-8,10-14,16-17H2,1H3,(H2,23,29)(H2,24,25,26);1H. The lowest BCUT2D eigenvalue weighted by molar-refractivity contribution is -0.123. The zero-order valence-electron chi connectivity index (χ0n) is 18.7. The Morgan fingerprint density at radius 2 is 2.06 bits per heavy atom. The van der Waals surface area contributed by atoms with E-state index in [1.165, 1.54) is 19.3 Å². The van der Waals surface area contributed by atoms with Crippen LogP contribution in [0.1, 0.15) is 50.3 Å². The summed E-state index contributed by atoms with van der Waals surface area (Å²) in [5, 5.41) is 6.90. The molecule has 2 unspecified atom stereocenters. The van der Waals surface area contributed by atoms with Gasteiger partial charge in [0.2, 0.25) is 5.91 Å². The van der Waals surface area contributed by atoms with E-state index in [-0.39, 0.29) is 41.8 Å². The van der Waals surface area contributed by atoms with Crippen molar-refractivity contribution in [2.45, 2.75) is 44.6 Å². The fourth-order valence-corrected chi connectivity index (χ4v) is 4.53. The number of likely N-dealkylation sites (tertiary alicyclic amines) is 2. The number of carbonyl (C=O) groups is 1. The van der Waals surface area contributed by atoms with Gasteiger partial charge in [-0.05, 0) is 70.4 Å². The van der Waals surface area contributed by atoms with Crippen molar-refractivity contribution in [1.29, 1.82) is 0 Å². The molecule has 176 valence electrons. The van der Waals surface area contributed by atoms with Crippen molar-refractivity contribution in [2.24, 2.45) is 16.6 Å². The van der Waals surface area contributed by atoms with Gasteiger partial charge in [-0.15, -0.1) is 24.0 Å². The Balaban J connectivity index is 0.00000341. The maximum atomic E-state index is 11.4. The van der Waals surface area contributed by atoms with Crippen LogP contribution in [0.4, 0.5) is 0 Å². The predicted octanol–water partition coefficient (Wildman–Crippen LogP) is 2.18. The van der Waals surface area contributed by atoms with E-state index in [4.69, 9.17) is 10.2 Å². The van der Waals surface area contributed by atoms with Crippen LogP contribution in [0.5, 0.6) is 0 Å². The number of primary amides is 1.